The van der Waals surface area contributed by atoms with Gasteiger partial charge in [0.05, 0.1) is 0 Å². The highest BCUT2D eigenvalue weighted by atomic mass is 32.1. The molecule has 58 valence electrons. The van der Waals surface area contributed by atoms with Crippen molar-refractivity contribution in [1.82, 2.24) is 0 Å². The third kappa shape index (κ3) is 2.38. The molecule has 0 bridgehead atoms. The number of benzene rings is 1. The third-order valence-electron chi connectivity index (χ3n) is 1.35. The van der Waals surface area contributed by atoms with Crippen LogP contribution in [0.15, 0.2) is 24.3 Å². The lowest BCUT2D eigenvalue weighted by Gasteiger charge is -1.90. The molecule has 1 heteroatoms. The minimum Gasteiger partial charge on any atom is -0.101 e. The van der Waals surface area contributed by atoms with E-state index in [1.54, 1.807) is 0 Å². The fraction of sp³-hybridized carbons (Fsp3) is 0.0909. The fourth-order valence-corrected chi connectivity index (χ4v) is 0.975. The van der Waals surface area contributed by atoms with Crippen LogP contribution in [0.25, 0.3) is 0 Å². The maximum absolute atomic E-state index is 3.81. The van der Waals surface area contributed by atoms with E-state index < -0.39 is 0 Å². The van der Waals surface area contributed by atoms with Gasteiger partial charge in [0.2, 0.25) is 0 Å². The predicted octanol–water partition coefficient (Wildman–Crippen LogP) is 2.30. The van der Waals surface area contributed by atoms with Crippen LogP contribution in [0.4, 0.5) is 0 Å². The van der Waals surface area contributed by atoms with Gasteiger partial charge in [-0.25, -0.2) is 0 Å². The first kappa shape index (κ1) is 8.78. The topological polar surface area (TPSA) is 0 Å². The molecule has 0 nitrogen and oxygen atoms in total. The van der Waals surface area contributed by atoms with E-state index in [-0.39, 0.29) is 0 Å². The lowest BCUT2D eigenvalue weighted by atomic mass is 10.1. The van der Waals surface area contributed by atoms with E-state index in [9.17, 15) is 0 Å². The van der Waals surface area contributed by atoms with E-state index in [1.165, 1.54) is 0 Å². The molecule has 0 unspecified atom stereocenters. The van der Waals surface area contributed by atoms with Crippen molar-refractivity contribution in [3.8, 4) is 23.0 Å². The molecule has 0 heterocycles. The summed E-state index contributed by atoms with van der Waals surface area (Å²) in [5, 5.41) is 2.54. The minimum absolute atomic E-state index is 0.964. The van der Waals surface area contributed by atoms with Crippen molar-refractivity contribution in [3.05, 3.63) is 35.4 Å². The zero-order valence-corrected chi connectivity index (χ0v) is 7.65. The molecule has 0 amide bonds. The molecule has 0 saturated heterocycles. The van der Waals surface area contributed by atoms with E-state index >= 15 is 0 Å². The molecule has 0 N–H and O–H groups in total. The van der Waals surface area contributed by atoms with Crippen molar-refractivity contribution < 1.29 is 0 Å². The Kier molecular flexibility index (Phi) is 3.33. The average Bonchev–Trinajstić information content (AvgIpc) is 2.09. The summed E-state index contributed by atoms with van der Waals surface area (Å²) in [4.78, 5) is 0. The summed E-state index contributed by atoms with van der Waals surface area (Å²) >= 11 is 3.81. The normalized spacial score (nSPS) is 7.50. The van der Waals surface area contributed by atoms with Crippen molar-refractivity contribution in [2.24, 2.45) is 0 Å². The summed E-state index contributed by atoms with van der Waals surface area (Å²) in [6.07, 6.45) is 0. The van der Waals surface area contributed by atoms with Gasteiger partial charge in [-0.05, 0) is 36.4 Å². The maximum atomic E-state index is 3.81. The molecule has 0 radical (unpaired) electrons. The predicted molar refractivity (Wildman–Crippen MR) is 54.9 cm³/mol. The van der Waals surface area contributed by atoms with Crippen LogP contribution in [0.1, 0.15) is 18.1 Å². The monoisotopic (exact) mass is 172 g/mol. The Morgan fingerprint density at radius 3 is 1.92 bits per heavy atom. The SMILES string of the molecule is CC#Cc1ccc(C#CS)cc1. The standard InChI is InChI=1S/C11H8S/c1-2-3-10-4-6-11(7-5-10)8-9-12/h4-7,12H,1H3. The van der Waals surface area contributed by atoms with Gasteiger partial charge in [-0.15, -0.1) is 5.92 Å². The zero-order valence-electron chi connectivity index (χ0n) is 6.76. The van der Waals surface area contributed by atoms with Gasteiger partial charge < -0.3 is 0 Å². The lowest BCUT2D eigenvalue weighted by molar-refractivity contribution is 1.60. The van der Waals surface area contributed by atoms with Crippen LogP contribution in [0.2, 0.25) is 0 Å². The minimum atomic E-state index is 0.964. The average molecular weight is 172 g/mol. The molecule has 0 atom stereocenters. The number of thiol groups is 1. The maximum Gasteiger partial charge on any atom is 0.0255 e. The molecule has 12 heavy (non-hydrogen) atoms. The Labute approximate surface area is 78.4 Å². The van der Waals surface area contributed by atoms with E-state index in [1.807, 2.05) is 31.2 Å². The van der Waals surface area contributed by atoms with Crippen molar-refractivity contribution in [2.75, 3.05) is 0 Å². The second-order valence-corrected chi connectivity index (χ2v) is 2.41. The van der Waals surface area contributed by atoms with E-state index in [0.717, 1.165) is 11.1 Å². The summed E-state index contributed by atoms with van der Waals surface area (Å²) in [5.41, 5.74) is 1.98. The van der Waals surface area contributed by atoms with Crippen molar-refractivity contribution in [1.29, 1.82) is 0 Å². The van der Waals surface area contributed by atoms with Crippen LogP contribution in [-0.2, 0) is 0 Å². The molecule has 0 fully saturated rings. The number of hydrogen-bond donors (Lipinski definition) is 1. The highest BCUT2D eigenvalue weighted by molar-refractivity contribution is 7.85. The smallest absolute Gasteiger partial charge is 0.0255 e. The highest BCUT2D eigenvalue weighted by Crippen LogP contribution is 2.01. The molecule has 0 saturated carbocycles. The van der Waals surface area contributed by atoms with Gasteiger partial charge in [-0.3, -0.25) is 0 Å². The van der Waals surface area contributed by atoms with Gasteiger partial charge >= 0.3 is 0 Å². The Hall–Kier alpha value is -1.31. The van der Waals surface area contributed by atoms with Gasteiger partial charge in [0, 0.05) is 11.1 Å². The molecule has 1 rings (SSSR count). The second-order valence-electron chi connectivity index (χ2n) is 2.19. The quantitative estimate of drug-likeness (QED) is 0.450. The number of hydrogen-bond acceptors (Lipinski definition) is 1. The van der Waals surface area contributed by atoms with Crippen molar-refractivity contribution in [2.45, 2.75) is 6.92 Å². The Morgan fingerprint density at radius 1 is 1.00 bits per heavy atom. The van der Waals surface area contributed by atoms with Gasteiger partial charge in [0.25, 0.3) is 0 Å². The summed E-state index contributed by atoms with van der Waals surface area (Å²) in [7, 11) is 0. The third-order valence-corrected chi connectivity index (χ3v) is 1.47. The van der Waals surface area contributed by atoms with Crippen LogP contribution in [0.3, 0.4) is 0 Å². The van der Waals surface area contributed by atoms with Crippen LogP contribution < -0.4 is 0 Å². The van der Waals surface area contributed by atoms with Gasteiger partial charge in [0.15, 0.2) is 0 Å². The number of rotatable bonds is 0. The summed E-state index contributed by atoms with van der Waals surface area (Å²) in [6.45, 7) is 1.82. The highest BCUT2D eigenvalue weighted by Gasteiger charge is 1.86. The molecule has 1 aromatic rings. The van der Waals surface area contributed by atoms with Crippen LogP contribution in [-0.4, -0.2) is 0 Å². The fourth-order valence-electron chi connectivity index (χ4n) is 0.846. The van der Waals surface area contributed by atoms with Gasteiger partial charge in [-0.2, -0.15) is 0 Å². The Bertz CT molecular complexity index is 326. The molecular formula is C11H8S. The van der Waals surface area contributed by atoms with Crippen molar-refractivity contribution >= 4 is 12.6 Å². The van der Waals surface area contributed by atoms with Crippen LogP contribution >= 0.6 is 12.6 Å². The molecule has 1 aromatic carbocycles. The first-order valence-corrected chi connectivity index (χ1v) is 3.99. The Morgan fingerprint density at radius 2 is 1.50 bits per heavy atom. The molecule has 0 aromatic heterocycles. The Balaban J connectivity index is 2.95. The van der Waals surface area contributed by atoms with E-state index in [2.05, 4.69) is 35.6 Å². The van der Waals surface area contributed by atoms with Gasteiger partial charge in [-0.1, -0.05) is 24.5 Å². The molecular weight excluding hydrogens is 164 g/mol. The first-order chi connectivity index (χ1) is 5.86. The summed E-state index contributed by atoms with van der Waals surface area (Å²) in [5.74, 6) is 8.64. The molecule has 0 aliphatic carbocycles. The van der Waals surface area contributed by atoms with E-state index in [4.69, 9.17) is 0 Å². The lowest BCUT2D eigenvalue weighted by Crippen LogP contribution is -1.75. The summed E-state index contributed by atoms with van der Waals surface area (Å²) in [6, 6.07) is 7.76. The van der Waals surface area contributed by atoms with Gasteiger partial charge in [0.1, 0.15) is 0 Å². The molecule has 0 aliphatic heterocycles. The van der Waals surface area contributed by atoms with E-state index in [0.29, 0.717) is 0 Å². The summed E-state index contributed by atoms with van der Waals surface area (Å²) < 4.78 is 0. The largest absolute Gasteiger partial charge is 0.101 e. The van der Waals surface area contributed by atoms with Crippen LogP contribution in [0, 0.1) is 23.0 Å². The van der Waals surface area contributed by atoms with Crippen LogP contribution in [0.5, 0.6) is 0 Å². The van der Waals surface area contributed by atoms with Crippen molar-refractivity contribution in [3.63, 3.8) is 0 Å². The molecule has 0 spiro atoms. The zero-order chi connectivity index (χ0) is 8.81. The molecule has 0 aliphatic rings. The second kappa shape index (κ2) is 4.54. The first-order valence-electron chi connectivity index (χ1n) is 3.54.